The Balaban J connectivity index is 0.00000312. The molecular formula is C18H27ClN4O2. The summed E-state index contributed by atoms with van der Waals surface area (Å²) in [5, 5.41) is 0.573. The molecule has 0 radical (unpaired) electrons. The molecule has 2 N–H and O–H groups in total. The summed E-state index contributed by atoms with van der Waals surface area (Å²) < 4.78 is 1.49. The highest BCUT2D eigenvalue weighted by atomic mass is 35.5. The molecule has 1 heterocycles. The van der Waals surface area contributed by atoms with E-state index < -0.39 is 0 Å². The largest absolute Gasteiger partial charge is 0.346 e. The number of para-hydroxylation sites is 1. The van der Waals surface area contributed by atoms with Gasteiger partial charge in [-0.25, -0.2) is 4.98 Å². The van der Waals surface area contributed by atoms with Crippen LogP contribution in [0.4, 0.5) is 0 Å². The molecule has 0 saturated heterocycles. The van der Waals surface area contributed by atoms with Gasteiger partial charge in [0.15, 0.2) is 0 Å². The Morgan fingerprint density at radius 2 is 2.00 bits per heavy atom. The molecule has 1 unspecified atom stereocenters. The molecule has 1 aromatic carbocycles. The van der Waals surface area contributed by atoms with Crippen molar-refractivity contribution in [1.82, 2.24) is 14.5 Å². The van der Waals surface area contributed by atoms with Crippen molar-refractivity contribution >= 4 is 29.2 Å². The zero-order valence-corrected chi connectivity index (χ0v) is 15.8. The number of amides is 1. The van der Waals surface area contributed by atoms with Crippen LogP contribution in [0.2, 0.25) is 0 Å². The monoisotopic (exact) mass is 366 g/mol. The summed E-state index contributed by atoms with van der Waals surface area (Å²) in [4.78, 5) is 30.6. The van der Waals surface area contributed by atoms with Gasteiger partial charge in [0, 0.05) is 32.6 Å². The average Bonchev–Trinajstić information content (AvgIpc) is 2.58. The van der Waals surface area contributed by atoms with Crippen LogP contribution in [0.25, 0.3) is 10.9 Å². The second kappa shape index (κ2) is 9.53. The van der Waals surface area contributed by atoms with Crippen molar-refractivity contribution in [2.45, 2.75) is 39.3 Å². The number of nitrogens with zero attached hydrogens (tertiary/aromatic N) is 3. The SMILES string of the molecule is CC(C)C(N)CCN(C)C(=O)CCn1cnc2ccccc2c1=O.Cl. The molecule has 138 valence electrons. The standard InChI is InChI=1S/C18H26N4O2.ClH/c1-13(2)15(19)8-10-21(3)17(23)9-11-22-12-20-16-7-5-4-6-14(16)18(22)24;/h4-7,12-13,15H,8-11,19H2,1-3H3;1H. The maximum Gasteiger partial charge on any atom is 0.261 e. The van der Waals surface area contributed by atoms with E-state index in [0.717, 1.165) is 6.42 Å². The van der Waals surface area contributed by atoms with E-state index in [2.05, 4.69) is 18.8 Å². The molecule has 0 saturated carbocycles. The third-order valence-corrected chi connectivity index (χ3v) is 4.38. The maximum atomic E-state index is 12.4. The van der Waals surface area contributed by atoms with E-state index >= 15 is 0 Å². The molecular weight excluding hydrogens is 340 g/mol. The van der Waals surface area contributed by atoms with Crippen molar-refractivity contribution in [3.05, 3.63) is 40.9 Å². The molecule has 1 aromatic heterocycles. The number of hydrogen-bond acceptors (Lipinski definition) is 4. The Kier molecular flexibility index (Phi) is 8.06. The van der Waals surface area contributed by atoms with Crippen molar-refractivity contribution in [2.24, 2.45) is 11.7 Å². The first-order valence-corrected chi connectivity index (χ1v) is 8.34. The van der Waals surface area contributed by atoms with Crippen LogP contribution in [-0.4, -0.2) is 40.0 Å². The zero-order chi connectivity index (χ0) is 17.7. The fourth-order valence-electron chi connectivity index (χ4n) is 2.47. The van der Waals surface area contributed by atoms with Gasteiger partial charge in [0.25, 0.3) is 5.56 Å². The first-order chi connectivity index (χ1) is 11.4. The lowest BCUT2D eigenvalue weighted by Gasteiger charge is -2.21. The minimum Gasteiger partial charge on any atom is -0.346 e. The van der Waals surface area contributed by atoms with E-state index in [-0.39, 0.29) is 36.3 Å². The van der Waals surface area contributed by atoms with Gasteiger partial charge < -0.3 is 10.6 Å². The number of hydrogen-bond donors (Lipinski definition) is 1. The predicted octanol–water partition coefficient (Wildman–Crippen LogP) is 2.04. The number of aromatic nitrogens is 2. The molecule has 0 aliphatic carbocycles. The van der Waals surface area contributed by atoms with E-state index in [9.17, 15) is 9.59 Å². The molecule has 1 atom stereocenters. The highest BCUT2D eigenvalue weighted by Crippen LogP contribution is 2.06. The number of fused-ring (bicyclic) bond motifs is 1. The molecule has 0 bridgehead atoms. The lowest BCUT2D eigenvalue weighted by molar-refractivity contribution is -0.130. The normalized spacial score (nSPS) is 12.0. The van der Waals surface area contributed by atoms with Crippen LogP contribution < -0.4 is 11.3 Å². The van der Waals surface area contributed by atoms with Gasteiger partial charge in [-0.2, -0.15) is 0 Å². The van der Waals surface area contributed by atoms with Gasteiger partial charge in [0.1, 0.15) is 0 Å². The summed E-state index contributed by atoms with van der Waals surface area (Å²) in [5.41, 5.74) is 6.57. The number of nitrogens with two attached hydrogens (primary N) is 1. The predicted molar refractivity (Wildman–Crippen MR) is 103 cm³/mol. The van der Waals surface area contributed by atoms with Gasteiger partial charge in [-0.15, -0.1) is 12.4 Å². The van der Waals surface area contributed by atoms with Crippen LogP contribution in [-0.2, 0) is 11.3 Å². The van der Waals surface area contributed by atoms with Crippen molar-refractivity contribution in [1.29, 1.82) is 0 Å². The Morgan fingerprint density at radius 3 is 2.68 bits per heavy atom. The maximum absolute atomic E-state index is 12.4. The molecule has 0 spiro atoms. The van der Waals surface area contributed by atoms with Crippen LogP contribution in [0.1, 0.15) is 26.7 Å². The molecule has 1 amide bonds. The number of carbonyl (C=O) groups is 1. The summed E-state index contributed by atoms with van der Waals surface area (Å²) in [5.74, 6) is 0.404. The van der Waals surface area contributed by atoms with Gasteiger partial charge in [-0.1, -0.05) is 26.0 Å². The Labute approximate surface area is 154 Å². The van der Waals surface area contributed by atoms with Gasteiger partial charge in [0.2, 0.25) is 5.91 Å². The van der Waals surface area contributed by atoms with E-state index in [0.29, 0.717) is 29.9 Å². The number of aryl methyl sites for hydroxylation is 1. The van der Waals surface area contributed by atoms with Gasteiger partial charge in [-0.05, 0) is 24.5 Å². The third-order valence-electron chi connectivity index (χ3n) is 4.38. The van der Waals surface area contributed by atoms with Crippen LogP contribution in [0.5, 0.6) is 0 Å². The molecule has 2 rings (SSSR count). The number of rotatable bonds is 7. The third kappa shape index (κ3) is 5.54. The number of carbonyl (C=O) groups excluding carboxylic acids is 1. The molecule has 0 fully saturated rings. The van der Waals surface area contributed by atoms with Crippen LogP contribution >= 0.6 is 12.4 Å². The van der Waals surface area contributed by atoms with Crippen molar-refractivity contribution in [2.75, 3.05) is 13.6 Å². The number of halogens is 1. The van der Waals surface area contributed by atoms with Crippen molar-refractivity contribution in [3.8, 4) is 0 Å². The average molecular weight is 367 g/mol. The summed E-state index contributed by atoms with van der Waals surface area (Å²) in [6.07, 6.45) is 2.55. The smallest absolute Gasteiger partial charge is 0.261 e. The Hall–Kier alpha value is -1.92. The summed E-state index contributed by atoms with van der Waals surface area (Å²) in [6.45, 7) is 5.11. The summed E-state index contributed by atoms with van der Waals surface area (Å²) in [7, 11) is 1.77. The lowest BCUT2D eigenvalue weighted by atomic mass is 10.0. The molecule has 7 heteroatoms. The Bertz CT molecular complexity index is 760. The second-order valence-corrected chi connectivity index (χ2v) is 6.52. The first kappa shape index (κ1) is 21.1. The Morgan fingerprint density at radius 1 is 1.32 bits per heavy atom. The highest BCUT2D eigenvalue weighted by molar-refractivity contribution is 5.85. The summed E-state index contributed by atoms with van der Waals surface area (Å²) >= 11 is 0. The fourth-order valence-corrected chi connectivity index (χ4v) is 2.47. The van der Waals surface area contributed by atoms with Gasteiger partial charge in [-0.3, -0.25) is 14.2 Å². The number of benzene rings is 1. The van der Waals surface area contributed by atoms with E-state index in [1.165, 1.54) is 10.9 Å². The first-order valence-electron chi connectivity index (χ1n) is 8.34. The van der Waals surface area contributed by atoms with E-state index in [1.807, 2.05) is 12.1 Å². The molecule has 0 aliphatic heterocycles. The van der Waals surface area contributed by atoms with Crippen LogP contribution in [0.3, 0.4) is 0 Å². The molecule has 6 nitrogen and oxygen atoms in total. The van der Waals surface area contributed by atoms with E-state index in [4.69, 9.17) is 5.73 Å². The minimum absolute atomic E-state index is 0. The molecule has 2 aromatic rings. The quantitative estimate of drug-likeness (QED) is 0.813. The minimum atomic E-state index is -0.113. The molecule has 25 heavy (non-hydrogen) atoms. The molecule has 0 aliphatic rings. The fraction of sp³-hybridized carbons (Fsp3) is 0.500. The van der Waals surface area contributed by atoms with Crippen LogP contribution in [0, 0.1) is 5.92 Å². The van der Waals surface area contributed by atoms with E-state index in [1.54, 1.807) is 24.1 Å². The topological polar surface area (TPSA) is 81.2 Å². The lowest BCUT2D eigenvalue weighted by Crippen LogP contribution is -2.35. The zero-order valence-electron chi connectivity index (χ0n) is 15.0. The van der Waals surface area contributed by atoms with Gasteiger partial charge >= 0.3 is 0 Å². The van der Waals surface area contributed by atoms with Crippen molar-refractivity contribution < 1.29 is 4.79 Å². The second-order valence-electron chi connectivity index (χ2n) is 6.52. The summed E-state index contributed by atoms with van der Waals surface area (Å²) in [6, 6.07) is 7.31. The highest BCUT2D eigenvalue weighted by Gasteiger charge is 2.13. The van der Waals surface area contributed by atoms with Crippen molar-refractivity contribution in [3.63, 3.8) is 0 Å². The van der Waals surface area contributed by atoms with Crippen LogP contribution in [0.15, 0.2) is 35.4 Å². The van der Waals surface area contributed by atoms with Gasteiger partial charge in [0.05, 0.1) is 17.2 Å².